The van der Waals surface area contributed by atoms with Crippen molar-refractivity contribution in [3.8, 4) is 0 Å². The molecule has 16 heavy (non-hydrogen) atoms. The zero-order chi connectivity index (χ0) is 11.7. The van der Waals surface area contributed by atoms with E-state index in [-0.39, 0.29) is 5.91 Å². The largest absolute Gasteiger partial charge is 0.345 e. The highest BCUT2D eigenvalue weighted by Gasteiger charge is 2.25. The Balaban J connectivity index is 2.14. The van der Waals surface area contributed by atoms with Gasteiger partial charge in [0, 0.05) is 30.8 Å². The fourth-order valence-corrected chi connectivity index (χ4v) is 2.90. The molecule has 88 valence electrons. The molecule has 0 spiro atoms. The molecule has 1 heterocycles. The van der Waals surface area contributed by atoms with Gasteiger partial charge in [-0.25, -0.2) is 0 Å². The smallest absolute Gasteiger partial charge is 0.270 e. The molecule has 1 saturated carbocycles. The minimum atomic E-state index is 0.125. The number of nitrogens with zero attached hydrogens (tertiary/aromatic N) is 2. The third-order valence-electron chi connectivity index (χ3n) is 3.38. The van der Waals surface area contributed by atoms with Crippen LogP contribution in [-0.2, 0) is 7.05 Å². The van der Waals surface area contributed by atoms with Gasteiger partial charge in [-0.1, -0.05) is 12.8 Å². The van der Waals surface area contributed by atoms with E-state index >= 15 is 0 Å². The summed E-state index contributed by atoms with van der Waals surface area (Å²) >= 11 is 3.39. The zero-order valence-corrected chi connectivity index (χ0v) is 11.3. The topological polar surface area (TPSA) is 25.2 Å². The molecule has 1 amide bonds. The van der Waals surface area contributed by atoms with Crippen LogP contribution in [0.25, 0.3) is 0 Å². The van der Waals surface area contributed by atoms with Gasteiger partial charge in [0.1, 0.15) is 5.69 Å². The summed E-state index contributed by atoms with van der Waals surface area (Å²) in [6.45, 7) is 0. The fourth-order valence-electron chi connectivity index (χ4n) is 2.37. The Labute approximate surface area is 105 Å². The Kier molecular flexibility index (Phi) is 3.38. The van der Waals surface area contributed by atoms with Crippen LogP contribution in [-0.4, -0.2) is 28.5 Å². The number of amides is 1. The van der Waals surface area contributed by atoms with Gasteiger partial charge in [-0.05, 0) is 34.8 Å². The molecule has 0 N–H and O–H groups in total. The van der Waals surface area contributed by atoms with Crippen LogP contribution in [0.1, 0.15) is 36.2 Å². The van der Waals surface area contributed by atoms with Crippen molar-refractivity contribution in [2.75, 3.05) is 7.05 Å². The lowest BCUT2D eigenvalue weighted by Crippen LogP contribution is -2.36. The molecular weight excluding hydrogens is 268 g/mol. The minimum Gasteiger partial charge on any atom is -0.345 e. The second kappa shape index (κ2) is 4.62. The minimum absolute atomic E-state index is 0.125. The number of hydrogen-bond donors (Lipinski definition) is 0. The Bertz CT molecular complexity index is 394. The number of halogens is 1. The molecular formula is C12H17BrN2O. The first kappa shape index (κ1) is 11.7. The van der Waals surface area contributed by atoms with E-state index in [4.69, 9.17) is 0 Å². The van der Waals surface area contributed by atoms with Crippen molar-refractivity contribution in [2.45, 2.75) is 31.7 Å². The average Bonchev–Trinajstić information content (AvgIpc) is 2.85. The molecule has 1 fully saturated rings. The van der Waals surface area contributed by atoms with E-state index in [2.05, 4.69) is 15.9 Å². The van der Waals surface area contributed by atoms with Crippen molar-refractivity contribution < 1.29 is 4.79 Å². The van der Waals surface area contributed by atoms with Crippen LogP contribution in [0.4, 0.5) is 0 Å². The van der Waals surface area contributed by atoms with Crippen LogP contribution >= 0.6 is 15.9 Å². The lowest BCUT2D eigenvalue weighted by molar-refractivity contribution is 0.0725. The monoisotopic (exact) mass is 284 g/mol. The molecule has 1 aliphatic carbocycles. The van der Waals surface area contributed by atoms with Gasteiger partial charge < -0.3 is 9.47 Å². The van der Waals surface area contributed by atoms with Crippen molar-refractivity contribution in [3.05, 3.63) is 22.4 Å². The Morgan fingerprint density at radius 2 is 2.12 bits per heavy atom. The molecule has 0 aliphatic heterocycles. The molecule has 3 nitrogen and oxygen atoms in total. The third-order valence-corrected chi connectivity index (χ3v) is 3.82. The van der Waals surface area contributed by atoms with Gasteiger partial charge in [0.2, 0.25) is 0 Å². The van der Waals surface area contributed by atoms with Gasteiger partial charge in [-0.3, -0.25) is 4.79 Å². The SMILES string of the molecule is CN(C(=O)c1cc(Br)cn1C)C1CCCC1. The first-order chi connectivity index (χ1) is 7.59. The Hall–Kier alpha value is -0.770. The van der Waals surface area contributed by atoms with Crippen LogP contribution < -0.4 is 0 Å². The summed E-state index contributed by atoms with van der Waals surface area (Å²) in [6, 6.07) is 2.31. The molecule has 1 aromatic heterocycles. The molecule has 0 atom stereocenters. The summed E-state index contributed by atoms with van der Waals surface area (Å²) in [5.74, 6) is 0.125. The van der Waals surface area contributed by atoms with Gasteiger partial charge in [-0.2, -0.15) is 0 Å². The maximum atomic E-state index is 12.3. The summed E-state index contributed by atoms with van der Waals surface area (Å²) in [5.41, 5.74) is 0.751. The normalized spacial score (nSPS) is 16.7. The predicted molar refractivity (Wildman–Crippen MR) is 67.5 cm³/mol. The van der Waals surface area contributed by atoms with E-state index in [1.165, 1.54) is 12.8 Å². The number of rotatable bonds is 2. The van der Waals surface area contributed by atoms with Gasteiger partial charge in [0.25, 0.3) is 5.91 Å². The number of carbonyl (C=O) groups is 1. The second-order valence-corrected chi connectivity index (χ2v) is 5.42. The van der Waals surface area contributed by atoms with Crippen LogP contribution in [0, 0.1) is 0 Å². The lowest BCUT2D eigenvalue weighted by atomic mass is 10.2. The van der Waals surface area contributed by atoms with Crippen LogP contribution in [0.2, 0.25) is 0 Å². The van der Waals surface area contributed by atoms with E-state index in [1.54, 1.807) is 0 Å². The quantitative estimate of drug-likeness (QED) is 0.820. The molecule has 1 aliphatic rings. The Morgan fingerprint density at radius 3 is 2.62 bits per heavy atom. The van der Waals surface area contributed by atoms with E-state index < -0.39 is 0 Å². The van der Waals surface area contributed by atoms with E-state index in [0.29, 0.717) is 6.04 Å². The number of aryl methyl sites for hydroxylation is 1. The average molecular weight is 285 g/mol. The number of carbonyl (C=O) groups excluding carboxylic acids is 1. The standard InChI is InChI=1S/C12H17BrN2O/c1-14-8-9(13)7-11(14)12(16)15(2)10-5-3-4-6-10/h7-8,10H,3-6H2,1-2H3. The molecule has 0 saturated heterocycles. The maximum Gasteiger partial charge on any atom is 0.270 e. The van der Waals surface area contributed by atoms with Crippen molar-refractivity contribution in [3.63, 3.8) is 0 Å². The zero-order valence-electron chi connectivity index (χ0n) is 9.74. The molecule has 0 aromatic carbocycles. The fraction of sp³-hybridized carbons (Fsp3) is 0.583. The van der Waals surface area contributed by atoms with Gasteiger partial charge in [0.05, 0.1) is 0 Å². The maximum absolute atomic E-state index is 12.3. The first-order valence-corrected chi connectivity index (χ1v) is 6.48. The van der Waals surface area contributed by atoms with Crippen LogP contribution in [0.3, 0.4) is 0 Å². The third kappa shape index (κ3) is 2.17. The second-order valence-electron chi connectivity index (χ2n) is 4.51. The van der Waals surface area contributed by atoms with Gasteiger partial charge in [-0.15, -0.1) is 0 Å². The first-order valence-electron chi connectivity index (χ1n) is 5.68. The van der Waals surface area contributed by atoms with Crippen molar-refractivity contribution in [1.29, 1.82) is 0 Å². The van der Waals surface area contributed by atoms with Crippen molar-refractivity contribution in [2.24, 2.45) is 7.05 Å². The van der Waals surface area contributed by atoms with E-state index in [0.717, 1.165) is 23.0 Å². The summed E-state index contributed by atoms with van der Waals surface area (Å²) < 4.78 is 2.83. The van der Waals surface area contributed by atoms with Gasteiger partial charge >= 0.3 is 0 Å². The number of aromatic nitrogens is 1. The molecule has 0 unspecified atom stereocenters. The van der Waals surface area contributed by atoms with Crippen LogP contribution in [0.15, 0.2) is 16.7 Å². The summed E-state index contributed by atoms with van der Waals surface area (Å²) in [5, 5.41) is 0. The van der Waals surface area contributed by atoms with E-state index in [9.17, 15) is 4.79 Å². The lowest BCUT2D eigenvalue weighted by Gasteiger charge is -2.24. The van der Waals surface area contributed by atoms with E-state index in [1.807, 2.05) is 35.8 Å². The number of hydrogen-bond acceptors (Lipinski definition) is 1. The molecule has 0 radical (unpaired) electrons. The highest BCUT2D eigenvalue weighted by Crippen LogP contribution is 2.24. The summed E-state index contributed by atoms with van der Waals surface area (Å²) in [7, 11) is 3.82. The van der Waals surface area contributed by atoms with Crippen molar-refractivity contribution in [1.82, 2.24) is 9.47 Å². The summed E-state index contributed by atoms with van der Waals surface area (Å²) in [4.78, 5) is 14.1. The van der Waals surface area contributed by atoms with Crippen molar-refractivity contribution >= 4 is 21.8 Å². The molecule has 0 bridgehead atoms. The van der Waals surface area contributed by atoms with Gasteiger partial charge in [0.15, 0.2) is 0 Å². The summed E-state index contributed by atoms with van der Waals surface area (Å²) in [6.07, 6.45) is 6.70. The highest BCUT2D eigenvalue weighted by atomic mass is 79.9. The molecule has 2 rings (SSSR count). The Morgan fingerprint density at radius 1 is 1.50 bits per heavy atom. The molecule has 4 heteroatoms. The highest BCUT2D eigenvalue weighted by molar-refractivity contribution is 9.10. The predicted octanol–water partition coefficient (Wildman–Crippen LogP) is 2.80. The van der Waals surface area contributed by atoms with Crippen LogP contribution in [0.5, 0.6) is 0 Å². The molecule has 1 aromatic rings.